The average Bonchev–Trinajstić information content (AvgIpc) is 2.51. The molecule has 0 unspecified atom stereocenters. The Hall–Kier alpha value is -2.60. The molecule has 0 aromatic heterocycles. The maximum Gasteiger partial charge on any atom is 0.381 e. The zero-order valence-corrected chi connectivity index (χ0v) is 13.6. The summed E-state index contributed by atoms with van der Waals surface area (Å²) in [5.41, 5.74) is 0. The maximum atomic E-state index is 11.5. The number of hydrogen-bond donors (Lipinski definition) is 2. The molecule has 0 atom stereocenters. The van der Waals surface area contributed by atoms with E-state index in [0.29, 0.717) is 12.8 Å². The Bertz CT molecular complexity index is 568. The molecule has 130 valence electrons. The van der Waals surface area contributed by atoms with E-state index in [9.17, 15) is 19.2 Å². The lowest BCUT2D eigenvalue weighted by atomic mass is 10.0. The number of ketones is 2. The van der Waals surface area contributed by atoms with Crippen LogP contribution in [0.1, 0.15) is 64.2 Å². The lowest BCUT2D eigenvalue weighted by Crippen LogP contribution is -2.12. The van der Waals surface area contributed by atoms with Crippen molar-refractivity contribution in [1.29, 1.82) is 0 Å². The summed E-state index contributed by atoms with van der Waals surface area (Å²) in [7, 11) is 0. The molecule has 0 aromatic rings. The van der Waals surface area contributed by atoms with E-state index >= 15 is 0 Å². The number of Topliss-reactive ketones (excluding diaryl/α,β-unsaturated/α-hetero) is 2. The van der Waals surface area contributed by atoms with Gasteiger partial charge in [-0.1, -0.05) is 43.9 Å². The van der Waals surface area contributed by atoms with Gasteiger partial charge in [0.05, 0.1) is 6.42 Å². The van der Waals surface area contributed by atoms with E-state index in [0.717, 1.165) is 38.5 Å². The first-order valence-electron chi connectivity index (χ1n) is 7.93. The predicted octanol–water partition coefficient (Wildman–Crippen LogP) is 2.20. The van der Waals surface area contributed by atoms with Crippen LogP contribution in [0.15, 0.2) is 0 Å². The number of carbonyl (C=O) groups is 4. The van der Waals surface area contributed by atoms with Crippen molar-refractivity contribution in [2.75, 3.05) is 0 Å². The lowest BCUT2D eigenvalue weighted by Gasteiger charge is -2.00. The molecule has 0 rings (SSSR count). The standard InChI is InChI=1S/C18H22O6/c19-15(16(20)12-10-14-18(23)24)11-8-6-4-2-1-3-5-7-9-13-17(21)22/h1-8,11-12H2,(H,21,22)(H,23,24). The highest BCUT2D eigenvalue weighted by molar-refractivity contribution is 6.37. The van der Waals surface area contributed by atoms with Crippen molar-refractivity contribution in [2.24, 2.45) is 0 Å². The minimum absolute atomic E-state index is 0.179. The molecule has 0 bridgehead atoms. The molecule has 0 fully saturated rings. The van der Waals surface area contributed by atoms with Crippen LogP contribution < -0.4 is 0 Å². The van der Waals surface area contributed by atoms with Crippen LogP contribution in [-0.2, 0) is 19.2 Å². The number of carbonyl (C=O) groups excluding carboxylic acids is 2. The van der Waals surface area contributed by atoms with Crippen molar-refractivity contribution in [2.45, 2.75) is 64.2 Å². The number of hydrogen-bond acceptors (Lipinski definition) is 4. The van der Waals surface area contributed by atoms with Crippen LogP contribution >= 0.6 is 0 Å². The highest BCUT2D eigenvalue weighted by Crippen LogP contribution is 2.10. The van der Waals surface area contributed by atoms with Crippen LogP contribution in [-0.4, -0.2) is 33.7 Å². The van der Waals surface area contributed by atoms with Gasteiger partial charge in [-0.25, -0.2) is 9.59 Å². The smallest absolute Gasteiger partial charge is 0.381 e. The fraction of sp³-hybridized carbons (Fsp3) is 0.556. The van der Waals surface area contributed by atoms with Gasteiger partial charge in [-0.05, 0) is 12.8 Å². The third kappa shape index (κ3) is 14.3. The van der Waals surface area contributed by atoms with Crippen LogP contribution in [0.3, 0.4) is 0 Å². The van der Waals surface area contributed by atoms with Crippen LogP contribution in [0.2, 0.25) is 0 Å². The molecular weight excluding hydrogens is 312 g/mol. The van der Waals surface area contributed by atoms with Crippen molar-refractivity contribution in [1.82, 2.24) is 0 Å². The van der Waals surface area contributed by atoms with Gasteiger partial charge in [0.15, 0.2) is 5.78 Å². The molecule has 24 heavy (non-hydrogen) atoms. The first-order chi connectivity index (χ1) is 11.4. The molecule has 0 aliphatic carbocycles. The van der Waals surface area contributed by atoms with Gasteiger partial charge < -0.3 is 10.2 Å². The van der Waals surface area contributed by atoms with Crippen molar-refractivity contribution in [3.8, 4) is 23.7 Å². The normalized spacial score (nSPS) is 9.17. The topological polar surface area (TPSA) is 109 Å². The summed E-state index contributed by atoms with van der Waals surface area (Å²) in [6, 6.07) is 0. The third-order valence-corrected chi connectivity index (χ3v) is 3.16. The monoisotopic (exact) mass is 334 g/mol. The lowest BCUT2D eigenvalue weighted by molar-refractivity contribution is -0.136. The SMILES string of the molecule is O=C(O)C#CCCCCCCCCCC(=O)C(=O)CC#CC(=O)O. The summed E-state index contributed by atoms with van der Waals surface area (Å²) in [6.07, 6.45) is 6.84. The Morgan fingerprint density at radius 1 is 0.625 bits per heavy atom. The van der Waals surface area contributed by atoms with E-state index in [-0.39, 0.29) is 12.8 Å². The van der Waals surface area contributed by atoms with Crippen molar-refractivity contribution < 1.29 is 29.4 Å². The maximum absolute atomic E-state index is 11.5. The molecule has 0 spiro atoms. The minimum atomic E-state index is -1.32. The van der Waals surface area contributed by atoms with Crippen LogP contribution in [0.5, 0.6) is 0 Å². The molecule has 0 heterocycles. The Balaban J connectivity index is 3.53. The molecule has 6 nitrogen and oxygen atoms in total. The van der Waals surface area contributed by atoms with E-state index in [1.165, 1.54) is 0 Å². The van der Waals surface area contributed by atoms with Gasteiger partial charge in [0, 0.05) is 24.7 Å². The number of carboxylic acids is 2. The Morgan fingerprint density at radius 2 is 1.12 bits per heavy atom. The molecule has 0 radical (unpaired) electrons. The first-order valence-corrected chi connectivity index (χ1v) is 7.93. The Kier molecular flexibility index (Phi) is 12.5. The van der Waals surface area contributed by atoms with E-state index in [1.54, 1.807) is 5.92 Å². The van der Waals surface area contributed by atoms with Gasteiger partial charge in [0.1, 0.15) is 0 Å². The van der Waals surface area contributed by atoms with Crippen LogP contribution in [0.25, 0.3) is 0 Å². The van der Waals surface area contributed by atoms with E-state index in [4.69, 9.17) is 10.2 Å². The predicted molar refractivity (Wildman–Crippen MR) is 87.0 cm³/mol. The van der Waals surface area contributed by atoms with E-state index < -0.39 is 23.5 Å². The van der Waals surface area contributed by atoms with E-state index in [2.05, 4.69) is 17.8 Å². The minimum Gasteiger partial charge on any atom is -0.472 e. The van der Waals surface area contributed by atoms with Crippen LogP contribution in [0.4, 0.5) is 0 Å². The van der Waals surface area contributed by atoms with Crippen molar-refractivity contribution in [3.05, 3.63) is 0 Å². The first kappa shape index (κ1) is 21.4. The van der Waals surface area contributed by atoms with Crippen molar-refractivity contribution >= 4 is 23.5 Å². The number of aliphatic carboxylic acids is 2. The van der Waals surface area contributed by atoms with Gasteiger partial charge >= 0.3 is 11.9 Å². The van der Waals surface area contributed by atoms with Crippen molar-refractivity contribution in [3.63, 3.8) is 0 Å². The molecule has 0 amide bonds. The van der Waals surface area contributed by atoms with Gasteiger partial charge in [-0.3, -0.25) is 9.59 Å². The fourth-order valence-electron chi connectivity index (χ4n) is 1.96. The van der Waals surface area contributed by atoms with Gasteiger partial charge in [0.25, 0.3) is 0 Å². The highest BCUT2D eigenvalue weighted by Gasteiger charge is 2.11. The number of carboxylic acid groups (broad SMARTS) is 2. The van der Waals surface area contributed by atoms with Gasteiger partial charge in [0.2, 0.25) is 5.78 Å². The second kappa shape index (κ2) is 14.0. The molecule has 6 heteroatoms. The zero-order chi connectivity index (χ0) is 18.2. The second-order valence-electron chi connectivity index (χ2n) is 5.21. The summed E-state index contributed by atoms with van der Waals surface area (Å²) in [5, 5.41) is 16.6. The molecule has 0 aromatic carbocycles. The largest absolute Gasteiger partial charge is 0.472 e. The second-order valence-corrected chi connectivity index (χ2v) is 5.21. The molecule has 0 saturated carbocycles. The van der Waals surface area contributed by atoms with Crippen LogP contribution in [0, 0.1) is 23.7 Å². The molecule has 0 saturated heterocycles. The fourth-order valence-corrected chi connectivity index (χ4v) is 1.96. The summed E-state index contributed by atoms with van der Waals surface area (Å²) in [4.78, 5) is 43.2. The molecule has 2 N–H and O–H groups in total. The van der Waals surface area contributed by atoms with Gasteiger partial charge in [-0.2, -0.15) is 0 Å². The molecule has 0 aliphatic rings. The number of rotatable bonds is 11. The van der Waals surface area contributed by atoms with Gasteiger partial charge in [-0.15, -0.1) is 0 Å². The summed E-state index contributed by atoms with van der Waals surface area (Å²) in [5.74, 6) is 5.06. The quantitative estimate of drug-likeness (QED) is 0.341. The molecular formula is C18H22O6. The highest BCUT2D eigenvalue weighted by atomic mass is 16.4. The summed E-state index contributed by atoms with van der Waals surface area (Å²) in [6.45, 7) is 0. The summed E-state index contributed by atoms with van der Waals surface area (Å²) < 4.78 is 0. The average molecular weight is 334 g/mol. The Labute approximate surface area is 141 Å². The number of unbranched alkanes of at least 4 members (excludes halogenated alkanes) is 7. The summed E-state index contributed by atoms with van der Waals surface area (Å²) >= 11 is 0. The Morgan fingerprint density at radius 3 is 1.71 bits per heavy atom. The molecule has 0 aliphatic heterocycles. The third-order valence-electron chi connectivity index (χ3n) is 3.16. The zero-order valence-electron chi connectivity index (χ0n) is 13.6. The van der Waals surface area contributed by atoms with E-state index in [1.807, 2.05) is 0 Å².